The standard InChI is InChI=1S/C18H30N2O/c1-6-14-8-10-15(11-9-14)16(7-2)20-17(12-13(3)4)18(21)19-5/h8-11,13,16-17,20H,6-7,12H2,1-5H3,(H,19,21). The van der Waals surface area contributed by atoms with Gasteiger partial charge in [-0.15, -0.1) is 0 Å². The first kappa shape index (κ1) is 17.7. The molecule has 1 aromatic carbocycles. The number of hydrogen-bond donors (Lipinski definition) is 2. The van der Waals surface area contributed by atoms with Gasteiger partial charge >= 0.3 is 0 Å². The molecule has 1 amide bonds. The van der Waals surface area contributed by atoms with Crippen LogP contribution < -0.4 is 10.6 Å². The van der Waals surface area contributed by atoms with Crippen molar-refractivity contribution in [3.63, 3.8) is 0 Å². The molecule has 3 heteroatoms. The minimum Gasteiger partial charge on any atom is -0.358 e. The molecule has 0 aliphatic rings. The molecule has 0 saturated carbocycles. The van der Waals surface area contributed by atoms with Crippen LogP contribution in [0.5, 0.6) is 0 Å². The molecular weight excluding hydrogens is 260 g/mol. The van der Waals surface area contributed by atoms with Gasteiger partial charge in [0.2, 0.25) is 5.91 Å². The predicted molar refractivity (Wildman–Crippen MR) is 89.3 cm³/mol. The molecule has 1 aromatic rings. The van der Waals surface area contributed by atoms with E-state index >= 15 is 0 Å². The molecule has 0 saturated heterocycles. The molecule has 0 aromatic heterocycles. The van der Waals surface area contributed by atoms with E-state index in [2.05, 4.69) is 62.6 Å². The smallest absolute Gasteiger partial charge is 0.236 e. The van der Waals surface area contributed by atoms with Crippen LogP contribution in [0.25, 0.3) is 0 Å². The molecule has 2 unspecified atom stereocenters. The van der Waals surface area contributed by atoms with Crippen molar-refractivity contribution in [2.75, 3.05) is 7.05 Å². The van der Waals surface area contributed by atoms with E-state index in [0.717, 1.165) is 19.3 Å². The second-order valence-electron chi connectivity index (χ2n) is 6.02. The van der Waals surface area contributed by atoms with Crippen LogP contribution in [0.4, 0.5) is 0 Å². The number of carbonyl (C=O) groups excluding carboxylic acids is 1. The van der Waals surface area contributed by atoms with E-state index in [0.29, 0.717) is 5.92 Å². The predicted octanol–water partition coefficient (Wildman–Crippen LogP) is 3.45. The summed E-state index contributed by atoms with van der Waals surface area (Å²) in [7, 11) is 1.70. The minimum atomic E-state index is -0.134. The number of aryl methyl sites for hydroxylation is 1. The van der Waals surface area contributed by atoms with E-state index in [-0.39, 0.29) is 18.0 Å². The van der Waals surface area contributed by atoms with Crippen molar-refractivity contribution in [2.45, 2.75) is 59.0 Å². The molecule has 0 aliphatic carbocycles. The summed E-state index contributed by atoms with van der Waals surface area (Å²) in [4.78, 5) is 12.1. The monoisotopic (exact) mass is 290 g/mol. The molecule has 0 spiro atoms. The number of hydrogen-bond acceptors (Lipinski definition) is 2. The first-order valence-electron chi connectivity index (χ1n) is 8.08. The molecule has 0 heterocycles. The number of rotatable bonds is 8. The number of likely N-dealkylation sites (N-methyl/N-ethyl adjacent to an activating group) is 1. The Kier molecular flexibility index (Phi) is 7.44. The van der Waals surface area contributed by atoms with Crippen LogP contribution in [-0.4, -0.2) is 19.0 Å². The lowest BCUT2D eigenvalue weighted by atomic mass is 9.98. The van der Waals surface area contributed by atoms with Crippen LogP contribution in [0.1, 0.15) is 57.7 Å². The van der Waals surface area contributed by atoms with E-state index in [1.165, 1.54) is 11.1 Å². The average Bonchev–Trinajstić information content (AvgIpc) is 2.50. The molecule has 2 atom stereocenters. The summed E-state index contributed by atoms with van der Waals surface area (Å²) in [5.74, 6) is 0.562. The average molecular weight is 290 g/mol. The van der Waals surface area contributed by atoms with Crippen molar-refractivity contribution in [1.82, 2.24) is 10.6 Å². The molecule has 0 bridgehead atoms. The highest BCUT2D eigenvalue weighted by atomic mass is 16.2. The molecule has 2 N–H and O–H groups in total. The fraction of sp³-hybridized carbons (Fsp3) is 0.611. The van der Waals surface area contributed by atoms with Gasteiger partial charge < -0.3 is 5.32 Å². The van der Waals surface area contributed by atoms with Crippen molar-refractivity contribution < 1.29 is 4.79 Å². The van der Waals surface area contributed by atoms with Gasteiger partial charge in [-0.1, -0.05) is 52.0 Å². The van der Waals surface area contributed by atoms with Gasteiger partial charge in [0.15, 0.2) is 0 Å². The van der Waals surface area contributed by atoms with Crippen molar-refractivity contribution in [3.8, 4) is 0 Å². The Labute approximate surface area is 129 Å². The highest BCUT2D eigenvalue weighted by molar-refractivity contribution is 5.81. The van der Waals surface area contributed by atoms with Crippen molar-refractivity contribution in [1.29, 1.82) is 0 Å². The van der Waals surface area contributed by atoms with Crippen LogP contribution in [0.3, 0.4) is 0 Å². The first-order chi connectivity index (χ1) is 10.0. The third kappa shape index (κ3) is 5.50. The van der Waals surface area contributed by atoms with Crippen LogP contribution in [0.15, 0.2) is 24.3 Å². The van der Waals surface area contributed by atoms with Crippen molar-refractivity contribution in [2.24, 2.45) is 5.92 Å². The number of amides is 1. The fourth-order valence-corrected chi connectivity index (χ4v) is 2.57. The molecule has 0 radical (unpaired) electrons. The van der Waals surface area contributed by atoms with Gasteiger partial charge in [0.05, 0.1) is 6.04 Å². The first-order valence-corrected chi connectivity index (χ1v) is 8.08. The maximum absolute atomic E-state index is 12.1. The molecule has 21 heavy (non-hydrogen) atoms. The minimum absolute atomic E-state index is 0.0762. The van der Waals surface area contributed by atoms with Crippen LogP contribution >= 0.6 is 0 Å². The van der Waals surface area contributed by atoms with E-state index in [4.69, 9.17) is 0 Å². The Balaban J connectivity index is 2.83. The summed E-state index contributed by atoms with van der Waals surface area (Å²) in [5, 5.41) is 6.30. The lowest BCUT2D eigenvalue weighted by Gasteiger charge is -2.25. The second kappa shape index (κ2) is 8.83. The molecule has 0 fully saturated rings. The van der Waals surface area contributed by atoms with Gasteiger partial charge in [0.25, 0.3) is 0 Å². The lowest BCUT2D eigenvalue weighted by Crippen LogP contribution is -2.45. The van der Waals surface area contributed by atoms with E-state index < -0.39 is 0 Å². The number of carbonyl (C=O) groups is 1. The lowest BCUT2D eigenvalue weighted by molar-refractivity contribution is -0.123. The fourth-order valence-electron chi connectivity index (χ4n) is 2.57. The summed E-state index contributed by atoms with van der Waals surface area (Å²) in [6, 6.07) is 8.79. The summed E-state index contributed by atoms with van der Waals surface area (Å²) < 4.78 is 0. The van der Waals surface area contributed by atoms with Gasteiger partial charge in [-0.2, -0.15) is 0 Å². The zero-order valence-electron chi connectivity index (χ0n) is 14.1. The highest BCUT2D eigenvalue weighted by Gasteiger charge is 2.22. The quantitative estimate of drug-likeness (QED) is 0.770. The van der Waals surface area contributed by atoms with E-state index in [1.807, 2.05) is 0 Å². The third-order valence-corrected chi connectivity index (χ3v) is 3.87. The molecule has 1 rings (SSSR count). The Morgan fingerprint density at radius 1 is 1.14 bits per heavy atom. The van der Waals surface area contributed by atoms with Gasteiger partial charge in [-0.3, -0.25) is 10.1 Å². The molecule has 3 nitrogen and oxygen atoms in total. The topological polar surface area (TPSA) is 41.1 Å². The Morgan fingerprint density at radius 3 is 2.19 bits per heavy atom. The molecular formula is C18H30N2O. The van der Waals surface area contributed by atoms with Crippen molar-refractivity contribution >= 4 is 5.91 Å². The molecule has 0 aliphatic heterocycles. The van der Waals surface area contributed by atoms with Gasteiger partial charge in [-0.05, 0) is 36.3 Å². The van der Waals surface area contributed by atoms with Crippen LogP contribution in [0.2, 0.25) is 0 Å². The largest absolute Gasteiger partial charge is 0.358 e. The van der Waals surface area contributed by atoms with Gasteiger partial charge in [0, 0.05) is 13.1 Å². The zero-order valence-corrected chi connectivity index (χ0v) is 14.1. The Bertz CT molecular complexity index is 425. The maximum Gasteiger partial charge on any atom is 0.236 e. The Hall–Kier alpha value is -1.35. The maximum atomic E-state index is 12.1. The zero-order chi connectivity index (χ0) is 15.8. The second-order valence-corrected chi connectivity index (χ2v) is 6.02. The van der Waals surface area contributed by atoms with Crippen molar-refractivity contribution in [3.05, 3.63) is 35.4 Å². The summed E-state index contributed by atoms with van der Waals surface area (Å²) >= 11 is 0. The molecule has 118 valence electrons. The highest BCUT2D eigenvalue weighted by Crippen LogP contribution is 2.20. The summed E-state index contributed by atoms with van der Waals surface area (Å²) in [6.45, 7) is 8.61. The third-order valence-electron chi connectivity index (χ3n) is 3.87. The van der Waals surface area contributed by atoms with E-state index in [1.54, 1.807) is 7.05 Å². The summed E-state index contributed by atoms with van der Waals surface area (Å²) in [6.07, 6.45) is 2.87. The normalized spacial score (nSPS) is 14.0. The van der Waals surface area contributed by atoms with Gasteiger partial charge in [0.1, 0.15) is 0 Å². The van der Waals surface area contributed by atoms with E-state index in [9.17, 15) is 4.79 Å². The number of nitrogens with one attached hydrogen (secondary N) is 2. The van der Waals surface area contributed by atoms with Gasteiger partial charge in [-0.25, -0.2) is 0 Å². The summed E-state index contributed by atoms with van der Waals surface area (Å²) in [5.41, 5.74) is 2.60. The van der Waals surface area contributed by atoms with Crippen LogP contribution in [-0.2, 0) is 11.2 Å². The Morgan fingerprint density at radius 2 is 1.76 bits per heavy atom. The number of benzene rings is 1. The SMILES string of the molecule is CCc1ccc(C(CC)NC(CC(C)C)C(=O)NC)cc1. The van der Waals surface area contributed by atoms with Crippen LogP contribution in [0, 0.1) is 5.92 Å².